The molecule has 1 unspecified atom stereocenters. The molecular formula is C27H32N8O4S. The maximum Gasteiger partial charge on any atom is 0.314 e. The Balaban J connectivity index is 1.28. The maximum absolute atomic E-state index is 13.0. The van der Waals surface area contributed by atoms with Gasteiger partial charge in [0, 0.05) is 61.6 Å². The fraction of sp³-hybridized carbons (Fsp3) is 0.481. The number of hydrogen-bond donors (Lipinski definition) is 2. The van der Waals surface area contributed by atoms with Crippen LogP contribution in [0, 0.1) is 12.8 Å². The van der Waals surface area contributed by atoms with E-state index in [9.17, 15) is 14.4 Å². The van der Waals surface area contributed by atoms with Crippen molar-refractivity contribution in [3.05, 3.63) is 51.3 Å². The van der Waals surface area contributed by atoms with Crippen molar-refractivity contribution in [3.63, 3.8) is 0 Å². The Kier molecular flexibility index (Phi) is 8.40. The van der Waals surface area contributed by atoms with Crippen molar-refractivity contribution < 1.29 is 18.8 Å². The van der Waals surface area contributed by atoms with Gasteiger partial charge in [0.2, 0.25) is 11.8 Å². The van der Waals surface area contributed by atoms with Crippen LogP contribution in [0.3, 0.4) is 0 Å². The van der Waals surface area contributed by atoms with Gasteiger partial charge >= 0.3 is 17.7 Å². The average Bonchev–Trinajstić information content (AvgIpc) is 3.58. The lowest BCUT2D eigenvalue weighted by Crippen LogP contribution is -2.48. The maximum atomic E-state index is 13.0. The van der Waals surface area contributed by atoms with Gasteiger partial charge in [-0.1, -0.05) is 13.0 Å². The quantitative estimate of drug-likeness (QED) is 0.339. The summed E-state index contributed by atoms with van der Waals surface area (Å²) in [6.45, 7) is 5.41. The Morgan fingerprint density at radius 1 is 1.23 bits per heavy atom. The third-order valence-corrected chi connectivity index (χ3v) is 8.35. The number of likely N-dealkylation sites (N-methyl/N-ethyl adjacent to an activating group) is 1. The second-order valence-corrected chi connectivity index (χ2v) is 11.3. The number of amides is 3. The van der Waals surface area contributed by atoms with Crippen LogP contribution in [0.1, 0.15) is 69.8 Å². The average molecular weight is 565 g/mol. The van der Waals surface area contributed by atoms with E-state index in [0.29, 0.717) is 41.9 Å². The lowest BCUT2D eigenvalue weighted by atomic mass is 9.78. The normalized spacial score (nSPS) is 21.2. The number of hydrogen-bond acceptors (Lipinski definition) is 10. The molecule has 0 aromatic carbocycles. The van der Waals surface area contributed by atoms with Gasteiger partial charge in [0.1, 0.15) is 5.82 Å². The van der Waals surface area contributed by atoms with Crippen LogP contribution in [0.15, 0.2) is 27.7 Å². The third-order valence-electron chi connectivity index (χ3n) is 7.28. The highest BCUT2D eigenvalue weighted by molar-refractivity contribution is 7.13. The van der Waals surface area contributed by atoms with E-state index in [0.717, 1.165) is 42.1 Å². The standard InChI is InChI=1S/C27H32N8O4S/c1-4-16-5-8-22(28-12-16)32-24(37)23(36)30-19-7-6-17(26-34-33-15(2)39-26)11-18(19)13-29-25(38)27-31-20-9-10-35(3)14-21(20)40-27/h5,8,12-13,17-19H,4,6-7,9-11,14H2,1-3H3,(H,30,36)(H,28,32,37)/t17-,18?,19-/m0/s1. The predicted molar refractivity (Wildman–Crippen MR) is 148 cm³/mol. The molecule has 1 saturated carbocycles. The summed E-state index contributed by atoms with van der Waals surface area (Å²) in [6, 6.07) is 3.10. The molecule has 0 bridgehead atoms. The predicted octanol–water partition coefficient (Wildman–Crippen LogP) is 2.70. The van der Waals surface area contributed by atoms with E-state index in [1.807, 2.05) is 20.0 Å². The molecule has 0 radical (unpaired) electrons. The van der Waals surface area contributed by atoms with Crippen molar-refractivity contribution in [2.24, 2.45) is 10.9 Å². The molecule has 3 aromatic heterocycles. The van der Waals surface area contributed by atoms with Crippen molar-refractivity contribution in [1.29, 1.82) is 0 Å². The highest BCUT2D eigenvalue weighted by Gasteiger charge is 2.35. The molecule has 2 N–H and O–H groups in total. The summed E-state index contributed by atoms with van der Waals surface area (Å²) in [5.41, 5.74) is 1.98. The van der Waals surface area contributed by atoms with Gasteiger partial charge in [0.05, 0.1) is 5.69 Å². The summed E-state index contributed by atoms with van der Waals surface area (Å²) in [6.07, 6.45) is 6.58. The van der Waals surface area contributed by atoms with Gasteiger partial charge in [-0.05, 0) is 44.4 Å². The summed E-state index contributed by atoms with van der Waals surface area (Å²) in [5.74, 6) is -1.11. The first-order valence-corrected chi connectivity index (χ1v) is 14.2. The minimum atomic E-state index is -0.809. The van der Waals surface area contributed by atoms with Gasteiger partial charge < -0.3 is 20.0 Å². The molecule has 1 aliphatic heterocycles. The number of thiazole rings is 1. The molecule has 3 atom stereocenters. The van der Waals surface area contributed by atoms with Crippen LogP contribution in [-0.2, 0) is 29.0 Å². The van der Waals surface area contributed by atoms with Gasteiger partial charge in [0.25, 0.3) is 0 Å². The lowest BCUT2D eigenvalue weighted by Gasteiger charge is -2.33. The van der Waals surface area contributed by atoms with E-state index in [2.05, 4.69) is 40.7 Å². The number of anilines is 1. The van der Waals surface area contributed by atoms with Crippen LogP contribution in [0.4, 0.5) is 5.82 Å². The SMILES string of the molecule is CCc1ccc(NC(=O)C(=O)N[C@H]2CC[C@H](c3nnc(C)o3)CC2C=NC(=O)c2nc3c(s2)CN(C)CC3)nc1. The van der Waals surface area contributed by atoms with E-state index in [-0.39, 0.29) is 11.8 Å². The monoisotopic (exact) mass is 564 g/mol. The van der Waals surface area contributed by atoms with E-state index in [4.69, 9.17) is 4.42 Å². The molecule has 3 aromatic rings. The highest BCUT2D eigenvalue weighted by Crippen LogP contribution is 2.35. The summed E-state index contributed by atoms with van der Waals surface area (Å²) >= 11 is 1.37. The molecule has 0 spiro atoms. The zero-order valence-electron chi connectivity index (χ0n) is 22.7. The molecule has 40 heavy (non-hydrogen) atoms. The second-order valence-electron chi connectivity index (χ2n) is 10.2. The summed E-state index contributed by atoms with van der Waals surface area (Å²) in [4.78, 5) is 54.6. The molecule has 2 aliphatic rings. The van der Waals surface area contributed by atoms with E-state index >= 15 is 0 Å². The number of nitrogens with one attached hydrogen (secondary N) is 2. The number of rotatable bonds is 6. The van der Waals surface area contributed by atoms with Gasteiger partial charge in [-0.15, -0.1) is 21.5 Å². The smallest absolute Gasteiger partial charge is 0.314 e. The lowest BCUT2D eigenvalue weighted by molar-refractivity contribution is -0.136. The molecule has 3 amide bonds. The number of aryl methyl sites for hydroxylation is 2. The number of fused-ring (bicyclic) bond motifs is 1. The first-order chi connectivity index (χ1) is 19.3. The van der Waals surface area contributed by atoms with E-state index in [1.54, 1.807) is 25.4 Å². The van der Waals surface area contributed by atoms with E-state index < -0.39 is 23.8 Å². The minimum Gasteiger partial charge on any atom is -0.425 e. The number of carbonyl (C=O) groups excluding carboxylic acids is 3. The molecule has 1 aliphatic carbocycles. The van der Waals surface area contributed by atoms with Crippen LogP contribution in [0.2, 0.25) is 0 Å². The molecule has 13 heteroatoms. The van der Waals surface area contributed by atoms with Gasteiger partial charge in [-0.2, -0.15) is 0 Å². The van der Waals surface area contributed by atoms with Crippen LogP contribution >= 0.6 is 11.3 Å². The molecule has 4 heterocycles. The number of nitrogens with zero attached hydrogens (tertiary/aromatic N) is 6. The Labute approximate surface area is 235 Å². The fourth-order valence-corrected chi connectivity index (χ4v) is 6.08. The highest BCUT2D eigenvalue weighted by atomic mass is 32.1. The Morgan fingerprint density at radius 2 is 2.08 bits per heavy atom. The van der Waals surface area contributed by atoms with Gasteiger partial charge in [0.15, 0.2) is 5.01 Å². The molecule has 5 rings (SSSR count). The number of aliphatic imine (C=N–C) groups is 1. The molecular weight excluding hydrogens is 532 g/mol. The largest absolute Gasteiger partial charge is 0.425 e. The third kappa shape index (κ3) is 6.48. The van der Waals surface area contributed by atoms with Crippen LogP contribution in [0.25, 0.3) is 0 Å². The zero-order valence-corrected chi connectivity index (χ0v) is 23.5. The van der Waals surface area contributed by atoms with Crippen molar-refractivity contribution in [1.82, 2.24) is 30.4 Å². The molecule has 0 saturated heterocycles. The van der Waals surface area contributed by atoms with Crippen molar-refractivity contribution in [3.8, 4) is 0 Å². The van der Waals surface area contributed by atoms with Crippen molar-refractivity contribution in [2.75, 3.05) is 18.9 Å². The Bertz CT molecular complexity index is 1420. The summed E-state index contributed by atoms with van der Waals surface area (Å²) in [5, 5.41) is 13.8. The first-order valence-electron chi connectivity index (χ1n) is 13.4. The van der Waals surface area contributed by atoms with Crippen LogP contribution < -0.4 is 10.6 Å². The Morgan fingerprint density at radius 3 is 2.80 bits per heavy atom. The summed E-state index contributed by atoms with van der Waals surface area (Å²) < 4.78 is 5.65. The fourth-order valence-electron chi connectivity index (χ4n) is 5.00. The topological polar surface area (TPSA) is 156 Å². The first kappa shape index (κ1) is 27.7. The van der Waals surface area contributed by atoms with Crippen LogP contribution in [-0.4, -0.2) is 68.6 Å². The van der Waals surface area contributed by atoms with Gasteiger partial charge in [-0.25, -0.2) is 15.0 Å². The number of pyridine rings is 1. The Hall–Kier alpha value is -3.84. The molecule has 12 nitrogen and oxygen atoms in total. The second kappa shape index (κ2) is 12.1. The van der Waals surface area contributed by atoms with Crippen molar-refractivity contribution in [2.45, 2.75) is 64.5 Å². The minimum absolute atomic E-state index is 0.0567. The zero-order chi connectivity index (χ0) is 28.2. The molecule has 210 valence electrons. The van der Waals surface area contributed by atoms with Crippen molar-refractivity contribution >= 4 is 41.1 Å². The number of aromatic nitrogens is 4. The summed E-state index contributed by atoms with van der Waals surface area (Å²) in [7, 11) is 2.04. The molecule has 1 fully saturated rings. The van der Waals surface area contributed by atoms with E-state index in [1.165, 1.54) is 11.3 Å². The van der Waals surface area contributed by atoms with Gasteiger partial charge in [-0.3, -0.25) is 14.4 Å². The van der Waals surface area contributed by atoms with Crippen LogP contribution in [0.5, 0.6) is 0 Å². The number of carbonyl (C=O) groups is 3.